The molecule has 4 aromatic rings. The van der Waals surface area contributed by atoms with E-state index in [1.807, 2.05) is 63.2 Å². The number of nitrogens with one attached hydrogen (secondary N) is 1. The molecule has 0 spiro atoms. The number of amides is 2. The molecular formula is C38H43Cl2N3O4S. The van der Waals surface area contributed by atoms with Crippen molar-refractivity contribution in [3.63, 3.8) is 0 Å². The molecule has 48 heavy (non-hydrogen) atoms. The Balaban J connectivity index is 1.83. The molecule has 1 N–H and O–H groups in total. The predicted octanol–water partition coefficient (Wildman–Crippen LogP) is 8.03. The lowest BCUT2D eigenvalue weighted by molar-refractivity contribution is -0.140. The van der Waals surface area contributed by atoms with Crippen LogP contribution in [0.2, 0.25) is 10.0 Å². The number of benzene rings is 4. The summed E-state index contributed by atoms with van der Waals surface area (Å²) < 4.78 is 29.7. The topological polar surface area (TPSA) is 86.8 Å². The van der Waals surface area contributed by atoms with E-state index in [1.165, 1.54) is 17.0 Å². The Kier molecular flexibility index (Phi) is 12.7. The summed E-state index contributed by atoms with van der Waals surface area (Å²) in [5, 5.41) is 3.75. The highest BCUT2D eigenvalue weighted by Gasteiger charge is 2.35. The van der Waals surface area contributed by atoms with Crippen molar-refractivity contribution in [3.05, 3.63) is 129 Å². The Morgan fingerprint density at radius 3 is 2.06 bits per heavy atom. The lowest BCUT2D eigenvalue weighted by Gasteiger charge is -2.34. The van der Waals surface area contributed by atoms with Gasteiger partial charge in [0.05, 0.1) is 10.6 Å². The fourth-order valence-electron chi connectivity index (χ4n) is 5.20. The molecule has 4 aromatic carbocycles. The van der Waals surface area contributed by atoms with Gasteiger partial charge < -0.3 is 10.2 Å². The number of carbonyl (C=O) groups excluding carboxylic acids is 2. The summed E-state index contributed by atoms with van der Waals surface area (Å²) in [6.45, 7) is 9.76. The molecular weight excluding hydrogens is 665 g/mol. The SMILES string of the molecule is Cc1ccc(S(=O)(=O)N(CC(=O)N(Cc2ccc(Cl)cc2Cl)[C@@H](Cc2ccccc2)C(=O)NCC(C)C)c2ccc(C(C)C)cc2)cc1. The quantitative estimate of drug-likeness (QED) is 0.144. The number of rotatable bonds is 14. The highest BCUT2D eigenvalue weighted by Crippen LogP contribution is 2.28. The van der Waals surface area contributed by atoms with E-state index in [0.29, 0.717) is 27.8 Å². The highest BCUT2D eigenvalue weighted by atomic mass is 35.5. The molecule has 2 amide bonds. The number of sulfonamides is 1. The van der Waals surface area contributed by atoms with Crippen LogP contribution in [-0.2, 0) is 32.6 Å². The van der Waals surface area contributed by atoms with Gasteiger partial charge in [-0.2, -0.15) is 0 Å². The first-order valence-electron chi connectivity index (χ1n) is 16.0. The molecule has 0 saturated heterocycles. The van der Waals surface area contributed by atoms with Crippen LogP contribution in [0, 0.1) is 12.8 Å². The van der Waals surface area contributed by atoms with Gasteiger partial charge in [0.2, 0.25) is 11.8 Å². The molecule has 4 rings (SSSR count). The molecule has 254 valence electrons. The summed E-state index contributed by atoms with van der Waals surface area (Å²) in [5.41, 5.74) is 3.68. The van der Waals surface area contributed by atoms with Gasteiger partial charge in [0.1, 0.15) is 12.6 Å². The second-order valence-corrected chi connectivity index (χ2v) is 15.4. The third-order valence-electron chi connectivity index (χ3n) is 8.05. The first-order chi connectivity index (χ1) is 22.8. The Morgan fingerprint density at radius 1 is 0.833 bits per heavy atom. The second-order valence-electron chi connectivity index (χ2n) is 12.7. The normalized spacial score (nSPS) is 12.2. The van der Waals surface area contributed by atoms with Crippen molar-refractivity contribution >= 4 is 50.7 Å². The molecule has 10 heteroatoms. The lowest BCUT2D eigenvalue weighted by Crippen LogP contribution is -2.53. The molecule has 0 heterocycles. The van der Waals surface area contributed by atoms with E-state index in [-0.39, 0.29) is 35.6 Å². The van der Waals surface area contributed by atoms with E-state index in [9.17, 15) is 18.0 Å². The highest BCUT2D eigenvalue weighted by molar-refractivity contribution is 7.92. The first kappa shape index (κ1) is 37.0. The summed E-state index contributed by atoms with van der Waals surface area (Å²) in [7, 11) is -4.20. The molecule has 0 aliphatic rings. The van der Waals surface area contributed by atoms with Gasteiger partial charge >= 0.3 is 0 Å². The molecule has 0 aliphatic carbocycles. The number of aryl methyl sites for hydroxylation is 1. The van der Waals surface area contributed by atoms with Crippen molar-refractivity contribution in [3.8, 4) is 0 Å². The van der Waals surface area contributed by atoms with E-state index < -0.39 is 28.5 Å². The van der Waals surface area contributed by atoms with Crippen LogP contribution in [0.4, 0.5) is 5.69 Å². The summed E-state index contributed by atoms with van der Waals surface area (Å²) in [6.07, 6.45) is 0.204. The Hall–Kier alpha value is -3.85. The standard InChI is InChI=1S/C38H43Cl2N3O4S/c1-26(2)23-41-38(45)36(21-29-9-7-6-8-10-29)42(24-31-13-16-32(39)22-35(31)40)37(44)25-43(33-17-14-30(15-18-33)27(3)4)48(46,47)34-19-11-28(5)12-20-34/h6-20,22,26-27,36H,21,23-25H2,1-5H3,(H,41,45)/t36-/m0/s1. The predicted molar refractivity (Wildman–Crippen MR) is 195 cm³/mol. The number of nitrogens with zero attached hydrogens (tertiary/aromatic N) is 2. The number of carbonyl (C=O) groups is 2. The van der Waals surface area contributed by atoms with E-state index in [4.69, 9.17) is 23.2 Å². The lowest BCUT2D eigenvalue weighted by atomic mass is 10.0. The Morgan fingerprint density at radius 2 is 1.48 bits per heavy atom. The maximum atomic E-state index is 14.7. The van der Waals surface area contributed by atoms with Crippen molar-refractivity contribution in [2.75, 3.05) is 17.4 Å². The van der Waals surface area contributed by atoms with Gasteiger partial charge in [-0.3, -0.25) is 13.9 Å². The van der Waals surface area contributed by atoms with Crippen molar-refractivity contribution in [2.45, 2.75) is 64.4 Å². The zero-order chi connectivity index (χ0) is 35.0. The van der Waals surface area contributed by atoms with Crippen LogP contribution in [0.15, 0.2) is 102 Å². The molecule has 0 fully saturated rings. The van der Waals surface area contributed by atoms with Gasteiger partial charge in [0, 0.05) is 29.6 Å². The zero-order valence-electron chi connectivity index (χ0n) is 28.0. The summed E-state index contributed by atoms with van der Waals surface area (Å²) in [4.78, 5) is 30.1. The molecule has 7 nitrogen and oxygen atoms in total. The summed E-state index contributed by atoms with van der Waals surface area (Å²) in [6, 6.07) is 27.1. The molecule has 1 atom stereocenters. The van der Waals surface area contributed by atoms with Crippen LogP contribution in [0.25, 0.3) is 0 Å². The van der Waals surface area contributed by atoms with Gasteiger partial charge in [-0.25, -0.2) is 8.42 Å². The minimum absolute atomic E-state index is 0.0495. The van der Waals surface area contributed by atoms with Crippen LogP contribution < -0.4 is 9.62 Å². The van der Waals surface area contributed by atoms with Crippen molar-refractivity contribution in [1.29, 1.82) is 0 Å². The molecule has 0 aliphatic heterocycles. The molecule has 0 radical (unpaired) electrons. The second kappa shape index (κ2) is 16.5. The molecule has 0 bridgehead atoms. The van der Waals surface area contributed by atoms with Gasteiger partial charge in [0.15, 0.2) is 0 Å². The van der Waals surface area contributed by atoms with Gasteiger partial charge in [-0.1, -0.05) is 117 Å². The van der Waals surface area contributed by atoms with Gasteiger partial charge in [-0.05, 0) is 71.8 Å². The van der Waals surface area contributed by atoms with Crippen molar-refractivity contribution in [1.82, 2.24) is 10.2 Å². The summed E-state index contributed by atoms with van der Waals surface area (Å²) >= 11 is 12.8. The van der Waals surface area contributed by atoms with Gasteiger partial charge in [-0.15, -0.1) is 0 Å². The van der Waals surface area contributed by atoms with E-state index >= 15 is 0 Å². The number of halogens is 2. The fraction of sp³-hybridized carbons (Fsp3) is 0.316. The summed E-state index contributed by atoms with van der Waals surface area (Å²) in [5.74, 6) is -0.513. The van der Waals surface area contributed by atoms with Crippen LogP contribution in [-0.4, -0.2) is 44.3 Å². The molecule has 0 unspecified atom stereocenters. The minimum atomic E-state index is -4.20. The maximum absolute atomic E-state index is 14.7. The van der Waals surface area contributed by atoms with Crippen molar-refractivity contribution in [2.24, 2.45) is 5.92 Å². The van der Waals surface area contributed by atoms with Crippen LogP contribution in [0.1, 0.15) is 55.9 Å². The van der Waals surface area contributed by atoms with Crippen LogP contribution in [0.3, 0.4) is 0 Å². The minimum Gasteiger partial charge on any atom is -0.354 e. The average Bonchev–Trinajstić information content (AvgIpc) is 3.05. The van der Waals surface area contributed by atoms with E-state index in [0.717, 1.165) is 21.0 Å². The smallest absolute Gasteiger partial charge is 0.264 e. The third kappa shape index (κ3) is 9.62. The number of hydrogen-bond acceptors (Lipinski definition) is 4. The Bertz CT molecular complexity index is 1800. The number of anilines is 1. The monoisotopic (exact) mass is 707 g/mol. The Labute approximate surface area is 294 Å². The van der Waals surface area contributed by atoms with Crippen molar-refractivity contribution < 1.29 is 18.0 Å². The van der Waals surface area contributed by atoms with Crippen LogP contribution in [0.5, 0.6) is 0 Å². The van der Waals surface area contributed by atoms with E-state index in [1.54, 1.807) is 42.5 Å². The number of hydrogen-bond donors (Lipinski definition) is 1. The average molecular weight is 709 g/mol. The maximum Gasteiger partial charge on any atom is 0.264 e. The zero-order valence-corrected chi connectivity index (χ0v) is 30.3. The van der Waals surface area contributed by atoms with E-state index in [2.05, 4.69) is 19.2 Å². The largest absolute Gasteiger partial charge is 0.354 e. The first-order valence-corrected chi connectivity index (χ1v) is 18.2. The molecule has 0 aromatic heterocycles. The third-order valence-corrected chi connectivity index (χ3v) is 10.4. The van der Waals surface area contributed by atoms with Crippen LogP contribution >= 0.6 is 23.2 Å². The van der Waals surface area contributed by atoms with Gasteiger partial charge in [0.25, 0.3) is 10.0 Å². The fourth-order valence-corrected chi connectivity index (χ4v) is 7.08. The molecule has 0 saturated carbocycles.